The molecule has 0 heterocycles. The number of carboxylic acids is 1. The average molecular weight is 246 g/mol. The van der Waals surface area contributed by atoms with Gasteiger partial charge in [0.1, 0.15) is 6.61 Å². The van der Waals surface area contributed by atoms with Crippen molar-refractivity contribution in [3.8, 4) is 0 Å². The van der Waals surface area contributed by atoms with E-state index in [9.17, 15) is 14.7 Å². The standard InChI is InChI=1S/C12H22O5/c1-6-12(11(14)15,17-9(4)5)10(13)7-16-8(2)3/h8-9H,6-7H2,1-5H3,(H,14,15). The van der Waals surface area contributed by atoms with Crippen molar-refractivity contribution in [3.05, 3.63) is 0 Å². The van der Waals surface area contributed by atoms with Crippen molar-refractivity contribution in [1.82, 2.24) is 0 Å². The quantitative estimate of drug-likeness (QED) is 0.659. The van der Waals surface area contributed by atoms with Gasteiger partial charge in [0, 0.05) is 0 Å². The summed E-state index contributed by atoms with van der Waals surface area (Å²) in [5, 5.41) is 9.21. The summed E-state index contributed by atoms with van der Waals surface area (Å²) in [4.78, 5) is 23.2. The molecule has 0 spiro atoms. The zero-order chi connectivity index (χ0) is 13.6. The molecule has 1 atom stereocenters. The number of Topliss-reactive ketones (excluding diaryl/α,β-unsaturated/α-hetero) is 1. The minimum absolute atomic E-state index is 0.0841. The summed E-state index contributed by atoms with van der Waals surface area (Å²) in [6, 6.07) is 0. The molecular weight excluding hydrogens is 224 g/mol. The number of hydrogen-bond donors (Lipinski definition) is 1. The Balaban J connectivity index is 4.89. The number of rotatable bonds is 8. The van der Waals surface area contributed by atoms with E-state index in [1.54, 1.807) is 34.6 Å². The van der Waals surface area contributed by atoms with E-state index in [0.717, 1.165) is 0 Å². The van der Waals surface area contributed by atoms with Gasteiger partial charge in [-0.25, -0.2) is 4.79 Å². The van der Waals surface area contributed by atoms with Crippen molar-refractivity contribution in [2.75, 3.05) is 6.61 Å². The largest absolute Gasteiger partial charge is 0.479 e. The number of carbonyl (C=O) groups is 2. The van der Waals surface area contributed by atoms with Gasteiger partial charge in [-0.3, -0.25) is 4.79 Å². The van der Waals surface area contributed by atoms with Crippen LogP contribution in [-0.2, 0) is 19.1 Å². The van der Waals surface area contributed by atoms with Gasteiger partial charge in [-0.05, 0) is 34.1 Å². The number of carboxylic acid groups (broad SMARTS) is 1. The summed E-state index contributed by atoms with van der Waals surface area (Å²) < 4.78 is 10.5. The van der Waals surface area contributed by atoms with Gasteiger partial charge in [-0.15, -0.1) is 0 Å². The third kappa shape index (κ3) is 4.44. The van der Waals surface area contributed by atoms with E-state index in [-0.39, 0.29) is 25.2 Å². The van der Waals surface area contributed by atoms with E-state index in [1.165, 1.54) is 0 Å². The second-order valence-electron chi connectivity index (χ2n) is 4.44. The van der Waals surface area contributed by atoms with Crippen molar-refractivity contribution in [2.45, 2.75) is 58.8 Å². The normalized spacial score (nSPS) is 15.0. The van der Waals surface area contributed by atoms with Crippen LogP contribution in [0.2, 0.25) is 0 Å². The summed E-state index contributed by atoms with van der Waals surface area (Å²) in [5.74, 6) is -1.80. The molecule has 5 heteroatoms. The topological polar surface area (TPSA) is 72.8 Å². The Morgan fingerprint density at radius 3 is 2.00 bits per heavy atom. The minimum Gasteiger partial charge on any atom is -0.479 e. The molecule has 0 aromatic heterocycles. The lowest BCUT2D eigenvalue weighted by Crippen LogP contribution is -2.51. The summed E-state index contributed by atoms with van der Waals surface area (Å²) in [7, 11) is 0. The third-order valence-corrected chi connectivity index (χ3v) is 2.28. The Bertz CT molecular complexity index is 272. The molecule has 100 valence electrons. The number of ether oxygens (including phenoxy) is 2. The predicted molar refractivity (Wildman–Crippen MR) is 63.0 cm³/mol. The SMILES string of the molecule is CCC(OC(C)C)(C(=O)O)C(=O)COC(C)C. The molecule has 5 nitrogen and oxygen atoms in total. The van der Waals surface area contributed by atoms with Gasteiger partial charge in [0.05, 0.1) is 12.2 Å². The fourth-order valence-electron chi connectivity index (χ4n) is 1.43. The molecule has 0 aromatic rings. The van der Waals surface area contributed by atoms with Gasteiger partial charge in [0.25, 0.3) is 0 Å². The third-order valence-electron chi connectivity index (χ3n) is 2.28. The van der Waals surface area contributed by atoms with E-state index in [2.05, 4.69) is 0 Å². The van der Waals surface area contributed by atoms with Crippen molar-refractivity contribution in [1.29, 1.82) is 0 Å². The van der Waals surface area contributed by atoms with E-state index in [1.807, 2.05) is 0 Å². The van der Waals surface area contributed by atoms with Crippen LogP contribution in [0.3, 0.4) is 0 Å². The first-order chi connectivity index (χ1) is 7.76. The van der Waals surface area contributed by atoms with Crippen LogP contribution in [0.5, 0.6) is 0 Å². The molecular formula is C12H22O5. The van der Waals surface area contributed by atoms with Crippen LogP contribution < -0.4 is 0 Å². The highest BCUT2D eigenvalue weighted by Crippen LogP contribution is 2.21. The number of hydrogen-bond acceptors (Lipinski definition) is 4. The molecule has 0 bridgehead atoms. The summed E-state index contributed by atoms with van der Waals surface area (Å²) >= 11 is 0. The second-order valence-corrected chi connectivity index (χ2v) is 4.44. The molecule has 0 radical (unpaired) electrons. The molecule has 17 heavy (non-hydrogen) atoms. The van der Waals surface area contributed by atoms with Gasteiger partial charge in [0.2, 0.25) is 11.4 Å². The zero-order valence-electron chi connectivity index (χ0n) is 11.1. The lowest BCUT2D eigenvalue weighted by atomic mass is 9.95. The predicted octanol–water partition coefficient (Wildman–Crippen LogP) is 1.64. The molecule has 1 unspecified atom stereocenters. The fourth-order valence-corrected chi connectivity index (χ4v) is 1.43. The highest BCUT2D eigenvalue weighted by Gasteiger charge is 2.46. The molecule has 0 rings (SSSR count). The maximum Gasteiger partial charge on any atom is 0.343 e. The Hall–Kier alpha value is -0.940. The maximum absolute atomic E-state index is 11.9. The van der Waals surface area contributed by atoms with Crippen LogP contribution >= 0.6 is 0 Å². The van der Waals surface area contributed by atoms with Gasteiger partial charge >= 0.3 is 5.97 Å². The lowest BCUT2D eigenvalue weighted by Gasteiger charge is -2.29. The molecule has 0 saturated heterocycles. The first-order valence-electron chi connectivity index (χ1n) is 5.82. The Labute approximate surface area is 102 Å². The van der Waals surface area contributed by atoms with Crippen LogP contribution in [-0.4, -0.2) is 41.3 Å². The minimum atomic E-state index is -1.79. The maximum atomic E-state index is 11.9. The lowest BCUT2D eigenvalue weighted by molar-refractivity contribution is -0.181. The first-order valence-corrected chi connectivity index (χ1v) is 5.82. The van der Waals surface area contributed by atoms with Gasteiger partial charge < -0.3 is 14.6 Å². The van der Waals surface area contributed by atoms with E-state index in [4.69, 9.17) is 9.47 Å². The van der Waals surface area contributed by atoms with Crippen LogP contribution in [0.4, 0.5) is 0 Å². The number of aliphatic carboxylic acids is 1. The van der Waals surface area contributed by atoms with Crippen LogP contribution in [0.15, 0.2) is 0 Å². The molecule has 0 aliphatic rings. The van der Waals surface area contributed by atoms with Crippen LogP contribution in [0.25, 0.3) is 0 Å². The molecule has 0 aliphatic carbocycles. The Kier molecular flexibility index (Phi) is 6.34. The van der Waals surface area contributed by atoms with Crippen LogP contribution in [0, 0.1) is 0 Å². The highest BCUT2D eigenvalue weighted by atomic mass is 16.5. The summed E-state index contributed by atoms with van der Waals surface area (Å²) in [6.45, 7) is 8.33. The molecule has 1 N–H and O–H groups in total. The zero-order valence-corrected chi connectivity index (χ0v) is 11.1. The smallest absolute Gasteiger partial charge is 0.343 e. The summed E-state index contributed by atoms with van der Waals surface area (Å²) in [5.41, 5.74) is -1.79. The summed E-state index contributed by atoms with van der Waals surface area (Å²) in [6.07, 6.45) is -0.378. The molecule has 0 amide bonds. The Morgan fingerprint density at radius 2 is 1.71 bits per heavy atom. The molecule has 0 aliphatic heterocycles. The fraction of sp³-hybridized carbons (Fsp3) is 0.833. The van der Waals surface area contributed by atoms with Crippen LogP contribution in [0.1, 0.15) is 41.0 Å². The second kappa shape index (κ2) is 6.71. The van der Waals surface area contributed by atoms with Gasteiger partial charge in [-0.2, -0.15) is 0 Å². The van der Waals surface area contributed by atoms with Crippen molar-refractivity contribution in [3.63, 3.8) is 0 Å². The van der Waals surface area contributed by atoms with E-state index in [0.29, 0.717) is 0 Å². The molecule has 0 fully saturated rings. The van der Waals surface area contributed by atoms with Gasteiger partial charge in [-0.1, -0.05) is 6.92 Å². The molecule has 0 saturated carbocycles. The first kappa shape index (κ1) is 16.1. The monoisotopic (exact) mass is 246 g/mol. The van der Waals surface area contributed by atoms with Gasteiger partial charge in [0.15, 0.2) is 0 Å². The van der Waals surface area contributed by atoms with Crippen molar-refractivity contribution < 1.29 is 24.2 Å². The average Bonchev–Trinajstić information content (AvgIpc) is 2.21. The number of carbonyl (C=O) groups excluding carboxylic acids is 1. The van der Waals surface area contributed by atoms with Crippen molar-refractivity contribution in [2.24, 2.45) is 0 Å². The van der Waals surface area contributed by atoms with Crippen molar-refractivity contribution >= 4 is 11.8 Å². The Morgan fingerprint density at radius 1 is 1.18 bits per heavy atom. The van der Waals surface area contributed by atoms with E-state index >= 15 is 0 Å². The van der Waals surface area contributed by atoms with E-state index < -0.39 is 17.4 Å². The highest BCUT2D eigenvalue weighted by molar-refractivity contribution is 6.07. The molecule has 0 aromatic carbocycles. The number of ketones is 1.